The van der Waals surface area contributed by atoms with Crippen LogP contribution in [0.25, 0.3) is 0 Å². The number of halogens is 2. The number of hydrogen-bond acceptors (Lipinski definition) is 2. The van der Waals surface area contributed by atoms with E-state index in [1.54, 1.807) is 0 Å². The summed E-state index contributed by atoms with van der Waals surface area (Å²) in [5.74, 6) is -0.185. The van der Waals surface area contributed by atoms with Crippen molar-refractivity contribution in [2.45, 2.75) is 13.3 Å². The number of rotatable bonds is 3. The van der Waals surface area contributed by atoms with E-state index in [9.17, 15) is 4.79 Å². The summed E-state index contributed by atoms with van der Waals surface area (Å²) in [6, 6.07) is 5.84. The second-order valence-electron chi connectivity index (χ2n) is 2.69. The SMILES string of the molecule is CCOC(=O)Cc1cccc(I)c1Br. The van der Waals surface area contributed by atoms with Crippen LogP contribution in [0.4, 0.5) is 0 Å². The van der Waals surface area contributed by atoms with Crippen molar-refractivity contribution in [3.8, 4) is 0 Å². The molecule has 0 spiro atoms. The number of esters is 1. The topological polar surface area (TPSA) is 26.3 Å². The molecule has 0 aliphatic rings. The largest absolute Gasteiger partial charge is 0.466 e. The van der Waals surface area contributed by atoms with Crippen molar-refractivity contribution >= 4 is 44.5 Å². The van der Waals surface area contributed by atoms with Gasteiger partial charge in [-0.05, 0) is 57.1 Å². The lowest BCUT2D eigenvalue weighted by Gasteiger charge is -2.05. The molecule has 0 amide bonds. The lowest BCUT2D eigenvalue weighted by atomic mass is 10.1. The van der Waals surface area contributed by atoms with Crippen LogP contribution in [0.3, 0.4) is 0 Å². The molecule has 0 N–H and O–H groups in total. The van der Waals surface area contributed by atoms with Gasteiger partial charge in [0.15, 0.2) is 0 Å². The predicted octanol–water partition coefficient (Wildman–Crippen LogP) is 3.16. The lowest BCUT2D eigenvalue weighted by molar-refractivity contribution is -0.142. The molecule has 0 aromatic heterocycles. The minimum atomic E-state index is -0.185. The standard InChI is InChI=1S/C10H10BrIO2/c1-2-14-9(13)6-7-4-3-5-8(12)10(7)11/h3-5H,2,6H2,1H3. The second kappa shape index (κ2) is 5.70. The Balaban J connectivity index is 2.76. The average Bonchev–Trinajstić information content (AvgIpc) is 2.13. The van der Waals surface area contributed by atoms with Gasteiger partial charge in [-0.3, -0.25) is 4.79 Å². The number of ether oxygens (including phenoxy) is 1. The molecule has 0 fully saturated rings. The molecule has 0 aliphatic carbocycles. The fourth-order valence-electron chi connectivity index (χ4n) is 1.05. The van der Waals surface area contributed by atoms with E-state index in [0.717, 1.165) is 13.6 Å². The number of carbonyl (C=O) groups is 1. The Morgan fingerprint density at radius 1 is 1.57 bits per heavy atom. The molecule has 1 aromatic rings. The van der Waals surface area contributed by atoms with Crippen LogP contribution in [0.2, 0.25) is 0 Å². The fourth-order valence-corrected chi connectivity index (χ4v) is 2.01. The lowest BCUT2D eigenvalue weighted by Crippen LogP contribution is -2.08. The van der Waals surface area contributed by atoms with Gasteiger partial charge >= 0.3 is 5.97 Å². The van der Waals surface area contributed by atoms with Crippen LogP contribution in [-0.2, 0) is 16.0 Å². The third-order valence-electron chi connectivity index (χ3n) is 1.67. The summed E-state index contributed by atoms with van der Waals surface area (Å²) in [6.07, 6.45) is 0.325. The highest BCUT2D eigenvalue weighted by atomic mass is 127. The molecule has 14 heavy (non-hydrogen) atoms. The van der Waals surface area contributed by atoms with Crippen molar-refractivity contribution < 1.29 is 9.53 Å². The zero-order valence-electron chi connectivity index (χ0n) is 7.72. The van der Waals surface area contributed by atoms with Crippen molar-refractivity contribution in [3.05, 3.63) is 31.8 Å². The van der Waals surface area contributed by atoms with E-state index in [0.29, 0.717) is 13.0 Å². The quantitative estimate of drug-likeness (QED) is 0.605. The molecule has 0 atom stereocenters. The average molecular weight is 369 g/mol. The van der Waals surface area contributed by atoms with Crippen LogP contribution in [-0.4, -0.2) is 12.6 Å². The Kier molecular flexibility index (Phi) is 4.88. The van der Waals surface area contributed by atoms with Gasteiger partial charge < -0.3 is 4.74 Å². The minimum Gasteiger partial charge on any atom is -0.466 e. The monoisotopic (exact) mass is 368 g/mol. The van der Waals surface area contributed by atoms with Crippen molar-refractivity contribution in [2.75, 3.05) is 6.61 Å². The highest BCUT2D eigenvalue weighted by Gasteiger charge is 2.08. The molecule has 0 saturated carbocycles. The molecule has 0 heterocycles. The normalized spacial score (nSPS) is 9.93. The first-order valence-electron chi connectivity index (χ1n) is 4.23. The van der Waals surface area contributed by atoms with Crippen LogP contribution >= 0.6 is 38.5 Å². The van der Waals surface area contributed by atoms with Gasteiger partial charge in [-0.1, -0.05) is 12.1 Å². The third-order valence-corrected chi connectivity index (χ3v) is 4.25. The second-order valence-corrected chi connectivity index (χ2v) is 4.65. The summed E-state index contributed by atoms with van der Waals surface area (Å²) in [5, 5.41) is 0. The van der Waals surface area contributed by atoms with Gasteiger partial charge in [0.1, 0.15) is 0 Å². The molecule has 0 aliphatic heterocycles. The molecule has 76 valence electrons. The summed E-state index contributed by atoms with van der Waals surface area (Å²) >= 11 is 5.66. The van der Waals surface area contributed by atoms with Crippen LogP contribution in [0, 0.1) is 3.57 Å². The molecule has 4 heteroatoms. The summed E-state index contributed by atoms with van der Waals surface area (Å²) in [6.45, 7) is 2.24. The molecule has 0 saturated heterocycles. The van der Waals surface area contributed by atoms with Crippen LogP contribution in [0.1, 0.15) is 12.5 Å². The maximum Gasteiger partial charge on any atom is 0.310 e. The van der Waals surface area contributed by atoms with Gasteiger partial charge in [-0.15, -0.1) is 0 Å². The van der Waals surface area contributed by atoms with Crippen LogP contribution in [0.5, 0.6) is 0 Å². The Bertz CT molecular complexity index is 339. The van der Waals surface area contributed by atoms with E-state index in [1.165, 1.54) is 0 Å². The first-order chi connectivity index (χ1) is 6.65. The van der Waals surface area contributed by atoms with Gasteiger partial charge in [0.05, 0.1) is 13.0 Å². The molecular formula is C10H10BrIO2. The molecule has 0 bridgehead atoms. The third kappa shape index (κ3) is 3.24. The highest BCUT2D eigenvalue weighted by molar-refractivity contribution is 14.1. The van der Waals surface area contributed by atoms with E-state index in [-0.39, 0.29) is 5.97 Å². The maximum absolute atomic E-state index is 11.2. The van der Waals surface area contributed by atoms with Gasteiger partial charge in [0, 0.05) is 8.04 Å². The zero-order valence-corrected chi connectivity index (χ0v) is 11.5. The van der Waals surface area contributed by atoms with Crippen molar-refractivity contribution in [3.63, 3.8) is 0 Å². The molecule has 0 unspecified atom stereocenters. The van der Waals surface area contributed by atoms with Crippen LogP contribution in [0.15, 0.2) is 22.7 Å². The van der Waals surface area contributed by atoms with E-state index in [2.05, 4.69) is 38.5 Å². The van der Waals surface area contributed by atoms with Crippen molar-refractivity contribution in [1.29, 1.82) is 0 Å². The number of benzene rings is 1. The highest BCUT2D eigenvalue weighted by Crippen LogP contribution is 2.23. The molecule has 1 aromatic carbocycles. The fraction of sp³-hybridized carbons (Fsp3) is 0.300. The van der Waals surface area contributed by atoms with Gasteiger partial charge in [0.2, 0.25) is 0 Å². The summed E-state index contributed by atoms with van der Waals surface area (Å²) in [4.78, 5) is 11.2. The zero-order chi connectivity index (χ0) is 10.6. The molecule has 2 nitrogen and oxygen atoms in total. The summed E-state index contributed by atoms with van der Waals surface area (Å²) < 4.78 is 6.96. The van der Waals surface area contributed by atoms with Gasteiger partial charge in [0.25, 0.3) is 0 Å². The van der Waals surface area contributed by atoms with Gasteiger partial charge in [-0.2, -0.15) is 0 Å². The predicted molar refractivity (Wildman–Crippen MR) is 67.2 cm³/mol. The minimum absolute atomic E-state index is 0.185. The van der Waals surface area contributed by atoms with E-state index in [1.807, 2.05) is 25.1 Å². The van der Waals surface area contributed by atoms with E-state index < -0.39 is 0 Å². The van der Waals surface area contributed by atoms with Crippen molar-refractivity contribution in [2.24, 2.45) is 0 Å². The van der Waals surface area contributed by atoms with E-state index >= 15 is 0 Å². The molecule has 0 radical (unpaired) electrons. The summed E-state index contributed by atoms with van der Waals surface area (Å²) in [7, 11) is 0. The first-order valence-corrected chi connectivity index (χ1v) is 6.10. The molecular weight excluding hydrogens is 359 g/mol. The Labute approximate surface area is 105 Å². The van der Waals surface area contributed by atoms with Gasteiger partial charge in [-0.25, -0.2) is 0 Å². The van der Waals surface area contributed by atoms with Crippen molar-refractivity contribution in [1.82, 2.24) is 0 Å². The molecule has 1 rings (SSSR count). The smallest absolute Gasteiger partial charge is 0.310 e. The Morgan fingerprint density at radius 2 is 2.29 bits per heavy atom. The Morgan fingerprint density at radius 3 is 2.93 bits per heavy atom. The Hall–Kier alpha value is -0.100. The maximum atomic E-state index is 11.2. The number of hydrogen-bond donors (Lipinski definition) is 0. The summed E-state index contributed by atoms with van der Waals surface area (Å²) in [5.41, 5.74) is 0.968. The van der Waals surface area contributed by atoms with Crippen LogP contribution < -0.4 is 0 Å². The number of carbonyl (C=O) groups excluding carboxylic acids is 1. The van der Waals surface area contributed by atoms with E-state index in [4.69, 9.17) is 4.74 Å². The first kappa shape index (κ1) is 12.0.